The minimum atomic E-state index is -0.487. The standard InChI is InChI=1S/C20H18N2O4/c1-2-25-20(24)21-11-16-12-7-3-4-8-13(12)18(26-16)17-14-9-5-6-10-15(14)22-19(17)23/h3-10,16H,2,11H2,1H3,(H,21,24)(H,22,23)/b18-17+. The second-order valence-corrected chi connectivity index (χ2v) is 6.00. The molecule has 0 saturated carbocycles. The number of para-hydroxylation sites is 1. The van der Waals surface area contributed by atoms with Crippen molar-refractivity contribution in [1.82, 2.24) is 5.32 Å². The second-order valence-electron chi connectivity index (χ2n) is 6.00. The Kier molecular flexibility index (Phi) is 4.08. The molecule has 0 saturated heterocycles. The van der Waals surface area contributed by atoms with Crippen molar-refractivity contribution >= 4 is 29.0 Å². The molecule has 2 aromatic rings. The number of ether oxygens (including phenoxy) is 2. The van der Waals surface area contributed by atoms with Crippen molar-refractivity contribution in [2.45, 2.75) is 13.0 Å². The SMILES string of the molecule is CCOC(=O)NCC1O/C(=C2/C(=O)Nc3ccccc32)c2ccccc21. The Bertz CT molecular complexity index is 920. The molecule has 2 aromatic carbocycles. The normalized spacial score (nSPS) is 20.0. The molecular formula is C20H18N2O4. The molecule has 0 aromatic heterocycles. The van der Waals surface area contributed by atoms with E-state index in [0.717, 1.165) is 22.4 Å². The summed E-state index contributed by atoms with van der Waals surface area (Å²) in [6.07, 6.45) is -0.864. The maximum atomic E-state index is 12.5. The molecule has 0 bridgehead atoms. The quantitative estimate of drug-likeness (QED) is 0.833. The number of anilines is 1. The fourth-order valence-electron chi connectivity index (χ4n) is 3.30. The van der Waals surface area contributed by atoms with Crippen LogP contribution < -0.4 is 10.6 Å². The molecule has 2 N–H and O–H groups in total. The number of hydrogen-bond acceptors (Lipinski definition) is 4. The van der Waals surface area contributed by atoms with Gasteiger partial charge in [-0.3, -0.25) is 4.79 Å². The Labute approximate surface area is 150 Å². The lowest BCUT2D eigenvalue weighted by Crippen LogP contribution is -2.28. The van der Waals surface area contributed by atoms with Gasteiger partial charge in [0.15, 0.2) is 0 Å². The van der Waals surface area contributed by atoms with Gasteiger partial charge in [0, 0.05) is 22.4 Å². The first-order chi connectivity index (χ1) is 12.7. The summed E-state index contributed by atoms with van der Waals surface area (Å²) in [5.41, 5.74) is 3.91. The lowest BCUT2D eigenvalue weighted by atomic mass is 9.99. The zero-order chi connectivity index (χ0) is 18.1. The van der Waals surface area contributed by atoms with Crippen LogP contribution in [0.15, 0.2) is 48.5 Å². The molecule has 0 radical (unpaired) electrons. The van der Waals surface area contributed by atoms with E-state index in [9.17, 15) is 9.59 Å². The molecule has 0 aliphatic carbocycles. The zero-order valence-electron chi connectivity index (χ0n) is 14.2. The summed E-state index contributed by atoms with van der Waals surface area (Å²) in [6.45, 7) is 2.32. The summed E-state index contributed by atoms with van der Waals surface area (Å²) in [5, 5.41) is 5.57. The van der Waals surface area contributed by atoms with E-state index in [1.807, 2.05) is 48.5 Å². The first kappa shape index (κ1) is 16.2. The van der Waals surface area contributed by atoms with E-state index in [2.05, 4.69) is 10.6 Å². The van der Waals surface area contributed by atoms with Crippen LogP contribution in [0.5, 0.6) is 0 Å². The zero-order valence-corrected chi connectivity index (χ0v) is 14.2. The second kappa shape index (κ2) is 6.55. The first-order valence-electron chi connectivity index (χ1n) is 8.50. The van der Waals surface area contributed by atoms with Crippen LogP contribution in [0, 0.1) is 0 Å². The van der Waals surface area contributed by atoms with E-state index in [-0.39, 0.29) is 18.6 Å². The average Bonchev–Trinajstić information content (AvgIpc) is 3.17. The first-order valence-corrected chi connectivity index (χ1v) is 8.50. The number of amides is 2. The maximum absolute atomic E-state index is 12.5. The molecule has 2 aliphatic heterocycles. The molecule has 26 heavy (non-hydrogen) atoms. The predicted molar refractivity (Wildman–Crippen MR) is 97.2 cm³/mol. The van der Waals surface area contributed by atoms with Crippen LogP contribution >= 0.6 is 0 Å². The van der Waals surface area contributed by atoms with E-state index >= 15 is 0 Å². The van der Waals surface area contributed by atoms with Crippen molar-refractivity contribution in [3.8, 4) is 0 Å². The van der Waals surface area contributed by atoms with Gasteiger partial charge in [0.25, 0.3) is 5.91 Å². The number of hydrogen-bond donors (Lipinski definition) is 2. The average molecular weight is 350 g/mol. The van der Waals surface area contributed by atoms with Crippen LogP contribution in [0.3, 0.4) is 0 Å². The number of nitrogens with one attached hydrogen (secondary N) is 2. The minimum absolute atomic E-state index is 0.185. The maximum Gasteiger partial charge on any atom is 0.407 e. The molecule has 4 rings (SSSR count). The van der Waals surface area contributed by atoms with Gasteiger partial charge in [-0.25, -0.2) is 4.79 Å². The lowest BCUT2D eigenvalue weighted by Gasteiger charge is -2.13. The predicted octanol–water partition coefficient (Wildman–Crippen LogP) is 3.32. The van der Waals surface area contributed by atoms with Gasteiger partial charge >= 0.3 is 6.09 Å². The molecule has 0 spiro atoms. The number of fused-ring (bicyclic) bond motifs is 2. The molecule has 2 heterocycles. The van der Waals surface area contributed by atoms with Gasteiger partial charge < -0.3 is 20.1 Å². The highest BCUT2D eigenvalue weighted by Crippen LogP contribution is 2.45. The Balaban J connectivity index is 1.71. The van der Waals surface area contributed by atoms with Crippen molar-refractivity contribution in [1.29, 1.82) is 0 Å². The van der Waals surface area contributed by atoms with Crippen LogP contribution in [-0.4, -0.2) is 25.2 Å². The van der Waals surface area contributed by atoms with Crippen molar-refractivity contribution in [3.05, 3.63) is 65.2 Å². The van der Waals surface area contributed by atoms with Crippen LogP contribution in [0.2, 0.25) is 0 Å². The smallest absolute Gasteiger partial charge is 0.407 e. The van der Waals surface area contributed by atoms with Crippen LogP contribution in [-0.2, 0) is 14.3 Å². The molecule has 6 nitrogen and oxygen atoms in total. The third-order valence-electron chi connectivity index (χ3n) is 4.42. The minimum Gasteiger partial charge on any atom is -0.482 e. The fourth-order valence-corrected chi connectivity index (χ4v) is 3.30. The van der Waals surface area contributed by atoms with Gasteiger partial charge in [0.05, 0.1) is 18.7 Å². The van der Waals surface area contributed by atoms with Gasteiger partial charge in [-0.2, -0.15) is 0 Å². The van der Waals surface area contributed by atoms with E-state index in [0.29, 0.717) is 17.9 Å². The molecule has 2 aliphatic rings. The van der Waals surface area contributed by atoms with Crippen molar-refractivity contribution in [3.63, 3.8) is 0 Å². The molecular weight excluding hydrogens is 332 g/mol. The molecule has 132 valence electrons. The highest BCUT2D eigenvalue weighted by Gasteiger charge is 2.36. The van der Waals surface area contributed by atoms with E-state index in [1.165, 1.54) is 0 Å². The molecule has 1 unspecified atom stereocenters. The van der Waals surface area contributed by atoms with E-state index < -0.39 is 6.09 Å². The monoisotopic (exact) mass is 350 g/mol. The summed E-state index contributed by atoms with van der Waals surface area (Å²) in [5.74, 6) is 0.355. The number of rotatable bonds is 3. The molecule has 1 atom stereocenters. The molecule has 2 amide bonds. The van der Waals surface area contributed by atoms with Crippen molar-refractivity contribution in [2.75, 3.05) is 18.5 Å². The van der Waals surface area contributed by atoms with Gasteiger partial charge in [-0.15, -0.1) is 0 Å². The summed E-state index contributed by atoms with van der Waals surface area (Å²) < 4.78 is 11.0. The largest absolute Gasteiger partial charge is 0.482 e. The van der Waals surface area contributed by atoms with Crippen molar-refractivity contribution in [2.24, 2.45) is 0 Å². The molecule has 6 heteroatoms. The number of carbonyl (C=O) groups is 2. The third-order valence-corrected chi connectivity index (χ3v) is 4.42. The Morgan fingerprint density at radius 1 is 1.15 bits per heavy atom. The Morgan fingerprint density at radius 3 is 2.69 bits per heavy atom. The highest BCUT2D eigenvalue weighted by molar-refractivity contribution is 6.36. The van der Waals surface area contributed by atoms with Crippen LogP contribution in [0.1, 0.15) is 29.7 Å². The fraction of sp³-hybridized carbons (Fsp3) is 0.200. The van der Waals surface area contributed by atoms with Gasteiger partial charge in [-0.05, 0) is 13.0 Å². The number of alkyl carbamates (subject to hydrolysis) is 1. The Hall–Kier alpha value is -3.28. The van der Waals surface area contributed by atoms with Gasteiger partial charge in [0.1, 0.15) is 11.9 Å². The number of carbonyl (C=O) groups excluding carboxylic acids is 2. The van der Waals surface area contributed by atoms with Crippen LogP contribution in [0.4, 0.5) is 10.5 Å². The van der Waals surface area contributed by atoms with Crippen molar-refractivity contribution < 1.29 is 19.1 Å². The summed E-state index contributed by atoms with van der Waals surface area (Å²) >= 11 is 0. The molecule has 0 fully saturated rings. The van der Waals surface area contributed by atoms with E-state index in [1.54, 1.807) is 6.92 Å². The van der Waals surface area contributed by atoms with Crippen LogP contribution in [0.25, 0.3) is 11.3 Å². The summed E-state index contributed by atoms with van der Waals surface area (Å²) in [7, 11) is 0. The van der Waals surface area contributed by atoms with Gasteiger partial charge in [0.2, 0.25) is 0 Å². The summed E-state index contributed by atoms with van der Waals surface area (Å²) in [4.78, 5) is 24.1. The summed E-state index contributed by atoms with van der Waals surface area (Å²) in [6, 6.07) is 15.2. The lowest BCUT2D eigenvalue weighted by molar-refractivity contribution is -0.110. The van der Waals surface area contributed by atoms with E-state index in [4.69, 9.17) is 9.47 Å². The number of benzene rings is 2. The Morgan fingerprint density at radius 2 is 1.88 bits per heavy atom. The van der Waals surface area contributed by atoms with Gasteiger partial charge in [-0.1, -0.05) is 42.5 Å². The third kappa shape index (κ3) is 2.69. The topological polar surface area (TPSA) is 76.7 Å². The highest BCUT2D eigenvalue weighted by atomic mass is 16.5.